The van der Waals surface area contributed by atoms with Crippen molar-refractivity contribution in [1.29, 1.82) is 0 Å². The van der Waals surface area contributed by atoms with E-state index in [2.05, 4.69) is 0 Å². The van der Waals surface area contributed by atoms with Crippen LogP contribution in [0.25, 0.3) is 0 Å². The Labute approximate surface area is 83.1 Å². The minimum atomic E-state index is -4.46. The topological polar surface area (TPSA) is 37.3 Å². The fourth-order valence-electron chi connectivity index (χ4n) is 0.665. The molecule has 1 aromatic carbocycles. The fraction of sp³-hybridized carbons (Fsp3) is 0.222. The Morgan fingerprint density at radius 2 is 1.80 bits per heavy atom. The molecule has 1 N–H and O–H groups in total. The van der Waals surface area contributed by atoms with Gasteiger partial charge in [0.2, 0.25) is 0 Å². The average molecular weight is 224 g/mol. The van der Waals surface area contributed by atoms with Crippen LogP contribution in [0.3, 0.4) is 0 Å². The van der Waals surface area contributed by atoms with Gasteiger partial charge in [0.1, 0.15) is 5.82 Å². The van der Waals surface area contributed by atoms with Gasteiger partial charge in [-0.05, 0) is 18.2 Å². The van der Waals surface area contributed by atoms with Crippen LogP contribution in [0.2, 0.25) is 0 Å². The summed E-state index contributed by atoms with van der Waals surface area (Å²) in [5, 5.41) is 7.42. The van der Waals surface area contributed by atoms with Crippen molar-refractivity contribution in [3.05, 3.63) is 35.6 Å². The highest BCUT2D eigenvalue weighted by Crippen LogP contribution is 2.28. The number of hydrogen-bond donors (Lipinski definition) is 1. The molecule has 0 aromatic heterocycles. The van der Waals surface area contributed by atoms with Gasteiger partial charge in [0.15, 0.2) is 0 Å². The number of carbonyl (C=O) groups is 1. The van der Waals surface area contributed by atoms with Gasteiger partial charge in [-0.15, -0.1) is 0 Å². The van der Waals surface area contributed by atoms with Crippen molar-refractivity contribution >= 4 is 5.97 Å². The molecule has 0 heterocycles. The second-order valence-corrected chi connectivity index (χ2v) is 2.53. The quantitative estimate of drug-likeness (QED) is 0.688. The molecule has 15 heavy (non-hydrogen) atoms. The third-order valence-electron chi connectivity index (χ3n) is 1.15. The molecule has 0 amide bonds. The smallest absolute Gasteiger partial charge is 0.416 e. The molecule has 0 bridgehead atoms. The van der Waals surface area contributed by atoms with Crippen molar-refractivity contribution in [3.63, 3.8) is 0 Å². The van der Waals surface area contributed by atoms with E-state index in [0.717, 1.165) is 25.1 Å². The van der Waals surface area contributed by atoms with Crippen molar-refractivity contribution in [2.24, 2.45) is 0 Å². The van der Waals surface area contributed by atoms with Gasteiger partial charge in [0.05, 0.1) is 5.56 Å². The first-order valence-electron chi connectivity index (χ1n) is 3.76. The third-order valence-corrected chi connectivity index (χ3v) is 1.15. The zero-order chi connectivity index (χ0) is 12.1. The summed E-state index contributed by atoms with van der Waals surface area (Å²) in [6.45, 7) is 1.08. The lowest BCUT2D eigenvalue weighted by Gasteiger charge is -2.04. The largest absolute Gasteiger partial charge is 0.481 e. The van der Waals surface area contributed by atoms with Gasteiger partial charge in [-0.25, -0.2) is 4.39 Å². The van der Waals surface area contributed by atoms with E-state index >= 15 is 0 Å². The maximum absolute atomic E-state index is 12.2. The van der Waals surface area contributed by atoms with Crippen LogP contribution in [-0.2, 0) is 11.0 Å². The van der Waals surface area contributed by atoms with E-state index in [4.69, 9.17) is 9.90 Å². The molecule has 1 aromatic rings. The van der Waals surface area contributed by atoms with Crippen LogP contribution in [-0.4, -0.2) is 11.1 Å². The Balaban J connectivity index is 0.000000423. The van der Waals surface area contributed by atoms with Gasteiger partial charge in [-0.3, -0.25) is 4.79 Å². The van der Waals surface area contributed by atoms with E-state index in [9.17, 15) is 17.6 Å². The molecule has 0 aliphatic rings. The second-order valence-electron chi connectivity index (χ2n) is 2.53. The number of alkyl halides is 3. The number of carboxylic acids is 1. The van der Waals surface area contributed by atoms with Crippen LogP contribution in [0.5, 0.6) is 0 Å². The van der Waals surface area contributed by atoms with E-state index in [1.54, 1.807) is 0 Å². The minimum Gasteiger partial charge on any atom is -0.481 e. The number of rotatable bonds is 0. The molecule has 0 fully saturated rings. The first kappa shape index (κ1) is 13.4. The first-order chi connectivity index (χ1) is 6.73. The van der Waals surface area contributed by atoms with Crippen molar-refractivity contribution < 1.29 is 27.5 Å². The molecule has 0 aliphatic heterocycles. The Bertz CT molecular complexity index is 329. The maximum atomic E-state index is 12.2. The predicted octanol–water partition coefficient (Wildman–Crippen LogP) is 2.94. The Morgan fingerprint density at radius 3 is 2.07 bits per heavy atom. The summed E-state index contributed by atoms with van der Waals surface area (Å²) >= 11 is 0. The van der Waals surface area contributed by atoms with Gasteiger partial charge in [-0.1, -0.05) is 6.07 Å². The summed E-state index contributed by atoms with van der Waals surface area (Å²) in [7, 11) is 0. The molecule has 6 heteroatoms. The van der Waals surface area contributed by atoms with Crippen LogP contribution < -0.4 is 0 Å². The molecule has 0 unspecified atom stereocenters. The van der Waals surface area contributed by atoms with Crippen molar-refractivity contribution in [3.8, 4) is 0 Å². The Kier molecular flexibility index (Phi) is 4.77. The summed E-state index contributed by atoms with van der Waals surface area (Å²) in [4.78, 5) is 9.00. The Morgan fingerprint density at radius 1 is 1.33 bits per heavy atom. The van der Waals surface area contributed by atoms with E-state index < -0.39 is 23.5 Å². The Hall–Kier alpha value is -1.59. The van der Waals surface area contributed by atoms with Crippen LogP contribution in [0.15, 0.2) is 24.3 Å². The first-order valence-corrected chi connectivity index (χ1v) is 3.76. The van der Waals surface area contributed by atoms with Crippen molar-refractivity contribution in [2.45, 2.75) is 13.1 Å². The molecular formula is C9H8F4O2. The second kappa shape index (κ2) is 5.33. The van der Waals surface area contributed by atoms with E-state index in [1.165, 1.54) is 0 Å². The number of hydrogen-bond acceptors (Lipinski definition) is 1. The number of aliphatic carboxylic acids is 1. The van der Waals surface area contributed by atoms with Crippen molar-refractivity contribution in [1.82, 2.24) is 0 Å². The SMILES string of the molecule is CC(=O)O.Fc1cccc(C(F)(F)F)c1. The van der Waals surface area contributed by atoms with Gasteiger partial charge < -0.3 is 5.11 Å². The maximum Gasteiger partial charge on any atom is 0.416 e. The molecule has 0 saturated carbocycles. The lowest BCUT2D eigenvalue weighted by atomic mass is 10.2. The highest BCUT2D eigenvalue weighted by molar-refractivity contribution is 5.62. The van der Waals surface area contributed by atoms with Crippen molar-refractivity contribution in [2.75, 3.05) is 0 Å². The molecule has 0 aliphatic carbocycles. The van der Waals surface area contributed by atoms with E-state index in [0.29, 0.717) is 6.07 Å². The number of carboxylic acid groups (broad SMARTS) is 1. The fourth-order valence-corrected chi connectivity index (χ4v) is 0.665. The number of halogens is 4. The molecule has 0 spiro atoms. The summed E-state index contributed by atoms with van der Waals surface area (Å²) in [6, 6.07) is 3.27. The lowest BCUT2D eigenvalue weighted by molar-refractivity contribution is -0.138. The molecule has 0 saturated heterocycles. The molecule has 1 rings (SSSR count). The lowest BCUT2D eigenvalue weighted by Crippen LogP contribution is -2.04. The summed E-state index contributed by atoms with van der Waals surface area (Å²) < 4.78 is 47.6. The van der Waals surface area contributed by atoms with Gasteiger partial charge in [0, 0.05) is 6.92 Å². The summed E-state index contributed by atoms with van der Waals surface area (Å²) in [6.07, 6.45) is -4.46. The van der Waals surface area contributed by atoms with Crippen LogP contribution >= 0.6 is 0 Å². The van der Waals surface area contributed by atoms with Crippen LogP contribution in [0, 0.1) is 5.82 Å². The number of benzene rings is 1. The standard InChI is InChI=1S/C7H4F4.C2H4O2/c8-6-3-1-2-5(4-6)7(9,10)11;1-2(3)4/h1-4H;1H3,(H,3,4). The van der Waals surface area contributed by atoms with Gasteiger partial charge in [0.25, 0.3) is 5.97 Å². The summed E-state index contributed by atoms with van der Waals surface area (Å²) in [5.41, 5.74) is -0.961. The normalized spacial score (nSPS) is 10.2. The average Bonchev–Trinajstić information content (AvgIpc) is 2.01. The van der Waals surface area contributed by atoms with Gasteiger partial charge in [-0.2, -0.15) is 13.2 Å². The van der Waals surface area contributed by atoms with Crippen LogP contribution in [0.1, 0.15) is 12.5 Å². The molecule has 0 atom stereocenters. The molecule has 84 valence electrons. The van der Waals surface area contributed by atoms with E-state index in [-0.39, 0.29) is 0 Å². The summed E-state index contributed by atoms with van der Waals surface area (Å²) in [5.74, 6) is -1.71. The van der Waals surface area contributed by atoms with Gasteiger partial charge >= 0.3 is 6.18 Å². The molecule has 2 nitrogen and oxygen atoms in total. The highest BCUT2D eigenvalue weighted by atomic mass is 19.4. The highest BCUT2D eigenvalue weighted by Gasteiger charge is 2.30. The molecule has 0 radical (unpaired) electrons. The zero-order valence-corrected chi connectivity index (χ0v) is 7.68. The third kappa shape index (κ3) is 6.48. The minimum absolute atomic E-state index is 0.458. The predicted molar refractivity (Wildman–Crippen MR) is 44.7 cm³/mol. The monoisotopic (exact) mass is 224 g/mol. The molecular weight excluding hydrogens is 216 g/mol. The van der Waals surface area contributed by atoms with Crippen LogP contribution in [0.4, 0.5) is 17.6 Å². The zero-order valence-electron chi connectivity index (χ0n) is 7.68. The van der Waals surface area contributed by atoms with E-state index in [1.807, 2.05) is 0 Å².